The third-order valence-corrected chi connectivity index (χ3v) is 2.52. The highest BCUT2D eigenvalue weighted by Crippen LogP contribution is 2.32. The first kappa shape index (κ1) is 13.0. The number of hydrogen-bond donors (Lipinski definition) is 0. The lowest BCUT2D eigenvalue weighted by Gasteiger charge is -2.25. The Hall–Kier alpha value is -1.07. The van der Waals surface area contributed by atoms with Gasteiger partial charge >= 0.3 is 0 Å². The van der Waals surface area contributed by atoms with Crippen LogP contribution in [0.2, 0.25) is 0 Å². The molecule has 0 heterocycles. The minimum atomic E-state index is -2.18. The van der Waals surface area contributed by atoms with E-state index in [0.717, 1.165) is 0 Å². The van der Waals surface area contributed by atoms with Gasteiger partial charge in [-0.05, 0) is 5.31 Å². The third-order valence-electron chi connectivity index (χ3n) is 2.52. The van der Waals surface area contributed by atoms with Crippen LogP contribution in [0.15, 0.2) is 0 Å². The second kappa shape index (κ2) is 4.07. The average Bonchev–Trinajstić information content (AvgIpc) is 2.23. The smallest absolute Gasteiger partial charge is 0.200 e. The largest absolute Gasteiger partial charge is 0.203 e. The standard InChI is InChI=1S/C10H8BF5/c1-3-10(2,11)4-5(12)7(14)9(16)8(15)6(4)13/h3H2,1-2H3/t10-/m1/s1. The second-order valence-electron chi connectivity index (χ2n) is 3.72. The molecule has 0 bridgehead atoms. The maximum absolute atomic E-state index is 13.3. The van der Waals surface area contributed by atoms with E-state index >= 15 is 0 Å². The molecule has 0 unspecified atom stereocenters. The van der Waals surface area contributed by atoms with Crippen LogP contribution in [-0.4, -0.2) is 7.85 Å². The lowest BCUT2D eigenvalue weighted by atomic mass is 9.63. The zero-order valence-corrected chi connectivity index (χ0v) is 8.67. The van der Waals surface area contributed by atoms with Gasteiger partial charge in [-0.2, -0.15) is 0 Å². The molecular weight excluding hydrogens is 226 g/mol. The zero-order valence-electron chi connectivity index (χ0n) is 8.67. The Morgan fingerprint density at radius 1 is 0.875 bits per heavy atom. The Morgan fingerprint density at radius 2 is 1.19 bits per heavy atom. The number of rotatable bonds is 2. The molecule has 86 valence electrons. The predicted octanol–water partition coefficient (Wildman–Crippen LogP) is 3.18. The van der Waals surface area contributed by atoms with Gasteiger partial charge in [-0.15, -0.1) is 0 Å². The first-order valence-corrected chi connectivity index (χ1v) is 4.54. The van der Waals surface area contributed by atoms with E-state index < -0.39 is 40.0 Å². The van der Waals surface area contributed by atoms with Gasteiger partial charge in [0, 0.05) is 5.56 Å². The van der Waals surface area contributed by atoms with Crippen LogP contribution in [0.25, 0.3) is 0 Å². The summed E-state index contributed by atoms with van der Waals surface area (Å²) in [5, 5.41) is -1.61. The van der Waals surface area contributed by atoms with E-state index in [0.29, 0.717) is 0 Å². The van der Waals surface area contributed by atoms with E-state index in [1.54, 1.807) is 0 Å². The molecule has 0 aliphatic carbocycles. The first-order valence-electron chi connectivity index (χ1n) is 4.54. The summed E-state index contributed by atoms with van der Waals surface area (Å²) in [5.41, 5.74) is -0.980. The van der Waals surface area contributed by atoms with E-state index in [9.17, 15) is 22.0 Å². The highest BCUT2D eigenvalue weighted by molar-refractivity contribution is 6.15. The zero-order chi connectivity index (χ0) is 12.7. The maximum atomic E-state index is 13.3. The molecule has 1 rings (SSSR count). The molecule has 16 heavy (non-hydrogen) atoms. The predicted molar refractivity (Wildman–Crippen MR) is 49.6 cm³/mol. The summed E-state index contributed by atoms with van der Waals surface area (Å²) >= 11 is 0. The molecule has 2 radical (unpaired) electrons. The Morgan fingerprint density at radius 3 is 1.50 bits per heavy atom. The van der Waals surface area contributed by atoms with Crippen molar-refractivity contribution in [2.75, 3.05) is 0 Å². The SMILES string of the molecule is [B][C@](C)(CC)c1c(F)c(F)c(F)c(F)c1F. The first-order chi connectivity index (χ1) is 7.24. The molecule has 0 N–H and O–H groups in total. The summed E-state index contributed by atoms with van der Waals surface area (Å²) in [7, 11) is 5.49. The fraction of sp³-hybridized carbons (Fsp3) is 0.400. The van der Waals surface area contributed by atoms with Crippen molar-refractivity contribution in [2.45, 2.75) is 25.6 Å². The summed E-state index contributed by atoms with van der Waals surface area (Å²) in [6.07, 6.45) is 0.0331. The van der Waals surface area contributed by atoms with Gasteiger partial charge in [0.15, 0.2) is 23.3 Å². The van der Waals surface area contributed by atoms with Crippen LogP contribution in [0.4, 0.5) is 22.0 Å². The van der Waals surface area contributed by atoms with Crippen molar-refractivity contribution in [3.05, 3.63) is 34.6 Å². The molecule has 0 aliphatic heterocycles. The minimum absolute atomic E-state index is 0.0331. The average molecular weight is 234 g/mol. The fourth-order valence-corrected chi connectivity index (χ4v) is 1.28. The Labute approximate surface area is 90.9 Å². The van der Waals surface area contributed by atoms with Gasteiger partial charge in [-0.25, -0.2) is 22.0 Å². The normalized spacial score (nSPS) is 14.9. The van der Waals surface area contributed by atoms with Gasteiger partial charge in [0.05, 0.1) is 7.85 Å². The molecule has 1 aromatic carbocycles. The minimum Gasteiger partial charge on any atom is -0.203 e. The van der Waals surface area contributed by atoms with Crippen molar-refractivity contribution in [3.63, 3.8) is 0 Å². The molecule has 0 saturated heterocycles. The molecule has 0 nitrogen and oxygen atoms in total. The van der Waals surface area contributed by atoms with Crippen molar-refractivity contribution in [3.8, 4) is 0 Å². The lowest BCUT2D eigenvalue weighted by Crippen LogP contribution is -2.26. The highest BCUT2D eigenvalue weighted by atomic mass is 19.2. The lowest BCUT2D eigenvalue weighted by molar-refractivity contribution is 0.359. The van der Waals surface area contributed by atoms with Crippen LogP contribution in [0.3, 0.4) is 0 Å². The maximum Gasteiger partial charge on any atom is 0.200 e. The second-order valence-corrected chi connectivity index (χ2v) is 3.72. The van der Waals surface area contributed by atoms with E-state index in [4.69, 9.17) is 7.85 Å². The van der Waals surface area contributed by atoms with Gasteiger partial charge < -0.3 is 0 Å². The molecule has 0 spiro atoms. The quantitative estimate of drug-likeness (QED) is 0.319. The Bertz CT molecular complexity index is 399. The number of hydrogen-bond acceptors (Lipinski definition) is 0. The van der Waals surface area contributed by atoms with Crippen LogP contribution in [0, 0.1) is 29.1 Å². The Balaban J connectivity index is 3.65. The van der Waals surface area contributed by atoms with E-state index in [2.05, 4.69) is 0 Å². The fourth-order valence-electron chi connectivity index (χ4n) is 1.28. The van der Waals surface area contributed by atoms with Gasteiger partial charge in [0.2, 0.25) is 5.82 Å². The van der Waals surface area contributed by atoms with Crippen LogP contribution >= 0.6 is 0 Å². The van der Waals surface area contributed by atoms with Crippen molar-refractivity contribution < 1.29 is 22.0 Å². The van der Waals surface area contributed by atoms with Crippen LogP contribution in [0.5, 0.6) is 0 Å². The topological polar surface area (TPSA) is 0 Å². The van der Waals surface area contributed by atoms with E-state index in [1.807, 2.05) is 0 Å². The van der Waals surface area contributed by atoms with Crippen LogP contribution < -0.4 is 0 Å². The third kappa shape index (κ3) is 1.81. The van der Waals surface area contributed by atoms with Gasteiger partial charge in [-0.1, -0.05) is 20.3 Å². The van der Waals surface area contributed by atoms with Crippen LogP contribution in [-0.2, 0) is 5.31 Å². The highest BCUT2D eigenvalue weighted by Gasteiger charge is 2.33. The molecule has 6 heteroatoms. The molecule has 0 aliphatic rings. The molecule has 0 saturated carbocycles. The summed E-state index contributed by atoms with van der Waals surface area (Å²) in [5.74, 6) is -9.87. The number of benzene rings is 1. The van der Waals surface area contributed by atoms with Crippen molar-refractivity contribution in [2.24, 2.45) is 0 Å². The van der Waals surface area contributed by atoms with Crippen molar-refractivity contribution in [1.82, 2.24) is 0 Å². The van der Waals surface area contributed by atoms with Crippen LogP contribution in [0.1, 0.15) is 25.8 Å². The molecule has 0 amide bonds. The van der Waals surface area contributed by atoms with Gasteiger partial charge in [0.25, 0.3) is 0 Å². The molecular formula is C10H8BF5. The molecule has 0 aromatic heterocycles. The monoisotopic (exact) mass is 234 g/mol. The molecule has 1 aromatic rings. The van der Waals surface area contributed by atoms with Crippen molar-refractivity contribution in [1.29, 1.82) is 0 Å². The van der Waals surface area contributed by atoms with Crippen molar-refractivity contribution >= 4 is 7.85 Å². The van der Waals surface area contributed by atoms with Gasteiger partial charge in [0.1, 0.15) is 0 Å². The number of halogens is 5. The summed E-state index contributed by atoms with van der Waals surface area (Å²) in [6.45, 7) is 2.68. The van der Waals surface area contributed by atoms with E-state index in [-0.39, 0.29) is 6.42 Å². The summed E-state index contributed by atoms with van der Waals surface area (Å²) in [6, 6.07) is 0. The molecule has 0 fully saturated rings. The van der Waals surface area contributed by atoms with E-state index in [1.165, 1.54) is 13.8 Å². The summed E-state index contributed by atoms with van der Waals surface area (Å²) < 4.78 is 65.0. The van der Waals surface area contributed by atoms with Gasteiger partial charge in [-0.3, -0.25) is 0 Å². The summed E-state index contributed by atoms with van der Waals surface area (Å²) in [4.78, 5) is 0. The molecule has 1 atom stereocenters. The Kier molecular flexibility index (Phi) is 3.31.